The molecule has 4 saturated carbocycles. The number of carbonyl (C=O) groups is 1. The van der Waals surface area contributed by atoms with Gasteiger partial charge in [0.2, 0.25) is 5.91 Å². The standard InChI is InChI=1S/C31H54N2O/c1-23(12-17-29(34)32-21-9-6-10-22-33(4)5)26-15-16-27-25-14-13-24-11-7-8-19-30(24,2)28(25)18-20-31(26,27)3/h6,10,23-28H,7-9,11-22H2,1-5H3,(H,32,34)/t23-,24?,25?,26-,27?,28?,30+,31-/m1/s1. The number of carbonyl (C=O) groups excluding carboxylic acids is 1. The first-order valence-electron chi connectivity index (χ1n) is 14.8. The van der Waals surface area contributed by atoms with Gasteiger partial charge in [-0.2, -0.15) is 0 Å². The summed E-state index contributed by atoms with van der Waals surface area (Å²) in [4.78, 5) is 14.6. The number of hydrogen-bond donors (Lipinski definition) is 1. The molecule has 34 heavy (non-hydrogen) atoms. The maximum Gasteiger partial charge on any atom is 0.220 e. The largest absolute Gasteiger partial charge is 0.356 e. The van der Waals surface area contributed by atoms with Crippen LogP contribution < -0.4 is 5.32 Å². The molecule has 1 amide bonds. The van der Waals surface area contributed by atoms with Crippen molar-refractivity contribution in [2.75, 3.05) is 27.2 Å². The first-order valence-corrected chi connectivity index (χ1v) is 14.8. The Kier molecular flexibility index (Phi) is 8.53. The van der Waals surface area contributed by atoms with Gasteiger partial charge in [0.25, 0.3) is 0 Å². The molecule has 3 heteroatoms. The summed E-state index contributed by atoms with van der Waals surface area (Å²) in [6, 6.07) is 0. The molecule has 4 fully saturated rings. The van der Waals surface area contributed by atoms with Crippen molar-refractivity contribution in [1.29, 1.82) is 0 Å². The van der Waals surface area contributed by atoms with E-state index in [0.29, 0.717) is 23.2 Å². The maximum absolute atomic E-state index is 12.5. The molecule has 3 nitrogen and oxygen atoms in total. The van der Waals surface area contributed by atoms with Gasteiger partial charge in [0.05, 0.1) is 0 Å². The van der Waals surface area contributed by atoms with Gasteiger partial charge in [0, 0.05) is 19.5 Å². The quantitative estimate of drug-likeness (QED) is 0.288. The fourth-order valence-corrected chi connectivity index (χ4v) is 9.62. The normalized spacial score (nSPS) is 40.6. The number of rotatable bonds is 9. The molecule has 0 aromatic carbocycles. The van der Waals surface area contributed by atoms with Gasteiger partial charge in [-0.05, 0) is 125 Å². The second-order valence-electron chi connectivity index (χ2n) is 13.5. The van der Waals surface area contributed by atoms with Gasteiger partial charge in [0.1, 0.15) is 0 Å². The highest BCUT2D eigenvalue weighted by Crippen LogP contribution is 2.68. The number of likely N-dealkylation sites (N-methyl/N-ethyl adjacent to an activating group) is 1. The van der Waals surface area contributed by atoms with E-state index in [1.54, 1.807) is 0 Å². The molecular formula is C31H54N2O. The van der Waals surface area contributed by atoms with Gasteiger partial charge >= 0.3 is 0 Å². The second-order valence-corrected chi connectivity index (χ2v) is 13.5. The molecule has 194 valence electrons. The summed E-state index contributed by atoms with van der Waals surface area (Å²) in [5, 5.41) is 3.15. The van der Waals surface area contributed by atoms with Gasteiger partial charge in [-0.15, -0.1) is 0 Å². The van der Waals surface area contributed by atoms with Crippen LogP contribution in [0.25, 0.3) is 0 Å². The van der Waals surface area contributed by atoms with Crippen LogP contribution in [0.2, 0.25) is 0 Å². The predicted molar refractivity (Wildman–Crippen MR) is 144 cm³/mol. The van der Waals surface area contributed by atoms with E-state index in [9.17, 15) is 4.79 Å². The minimum atomic E-state index is 0.250. The van der Waals surface area contributed by atoms with Crippen LogP contribution in [0.15, 0.2) is 12.2 Å². The molecule has 0 spiro atoms. The van der Waals surface area contributed by atoms with Gasteiger partial charge in [-0.1, -0.05) is 45.8 Å². The molecule has 4 aliphatic rings. The van der Waals surface area contributed by atoms with Gasteiger partial charge in [0.15, 0.2) is 0 Å². The van der Waals surface area contributed by atoms with Gasteiger partial charge in [-0.3, -0.25) is 4.79 Å². The molecule has 1 N–H and O–H groups in total. The highest BCUT2D eigenvalue weighted by Gasteiger charge is 2.60. The van der Waals surface area contributed by atoms with Crippen molar-refractivity contribution < 1.29 is 4.79 Å². The fourth-order valence-electron chi connectivity index (χ4n) is 9.62. The summed E-state index contributed by atoms with van der Waals surface area (Å²) in [5.41, 5.74) is 1.16. The molecule has 8 atom stereocenters. The van der Waals surface area contributed by atoms with Crippen molar-refractivity contribution in [1.82, 2.24) is 10.2 Å². The lowest BCUT2D eigenvalue weighted by atomic mass is 9.44. The van der Waals surface area contributed by atoms with E-state index < -0.39 is 0 Å². The average molecular weight is 471 g/mol. The van der Waals surface area contributed by atoms with Crippen LogP contribution >= 0.6 is 0 Å². The van der Waals surface area contributed by atoms with Crippen molar-refractivity contribution in [3.05, 3.63) is 12.2 Å². The van der Waals surface area contributed by atoms with E-state index in [1.807, 2.05) is 0 Å². The van der Waals surface area contributed by atoms with Crippen LogP contribution in [-0.2, 0) is 4.79 Å². The molecule has 4 aliphatic carbocycles. The highest BCUT2D eigenvalue weighted by atomic mass is 16.1. The Morgan fingerprint density at radius 1 is 0.971 bits per heavy atom. The van der Waals surface area contributed by atoms with Crippen molar-refractivity contribution in [3.8, 4) is 0 Å². The molecule has 0 aromatic heterocycles. The third-order valence-electron chi connectivity index (χ3n) is 11.4. The van der Waals surface area contributed by atoms with E-state index >= 15 is 0 Å². The van der Waals surface area contributed by atoms with Crippen molar-refractivity contribution >= 4 is 5.91 Å². The molecule has 0 radical (unpaired) electrons. The molecule has 4 unspecified atom stereocenters. The first-order chi connectivity index (χ1) is 16.3. The van der Waals surface area contributed by atoms with Crippen LogP contribution in [-0.4, -0.2) is 38.0 Å². The maximum atomic E-state index is 12.5. The summed E-state index contributed by atoms with van der Waals surface area (Å²) < 4.78 is 0. The molecule has 4 rings (SSSR count). The highest BCUT2D eigenvalue weighted by molar-refractivity contribution is 5.75. The Hall–Kier alpha value is -0.830. The Labute approximate surface area is 210 Å². The summed E-state index contributed by atoms with van der Waals surface area (Å²) in [6.45, 7) is 9.55. The minimum absolute atomic E-state index is 0.250. The van der Waals surface area contributed by atoms with Crippen molar-refractivity contribution in [2.24, 2.45) is 46.3 Å². The topological polar surface area (TPSA) is 32.3 Å². The SMILES string of the molecule is C[C@H](CCC(=O)NCCC=CCN(C)C)[C@H]1CCC2C3CCC4CCCC[C@]4(C)C3CC[C@@]21C. The van der Waals surface area contributed by atoms with Crippen LogP contribution in [0.1, 0.15) is 104 Å². The monoisotopic (exact) mass is 470 g/mol. The zero-order chi connectivity index (χ0) is 24.3. The molecule has 0 heterocycles. The second kappa shape index (κ2) is 11.1. The fraction of sp³-hybridized carbons (Fsp3) is 0.903. The minimum Gasteiger partial charge on any atom is -0.356 e. The Bertz CT molecular complexity index is 716. The van der Waals surface area contributed by atoms with E-state index in [-0.39, 0.29) is 5.91 Å². The zero-order valence-electron chi connectivity index (χ0n) is 23.1. The number of amides is 1. The van der Waals surface area contributed by atoms with Crippen molar-refractivity contribution in [2.45, 2.75) is 104 Å². The smallest absolute Gasteiger partial charge is 0.220 e. The van der Waals surface area contributed by atoms with Gasteiger partial charge in [-0.25, -0.2) is 0 Å². The molecule has 0 saturated heterocycles. The third-order valence-corrected chi connectivity index (χ3v) is 11.4. The predicted octanol–water partition coefficient (Wildman–Crippen LogP) is 7.08. The number of hydrogen-bond acceptors (Lipinski definition) is 2. The lowest BCUT2D eigenvalue weighted by Gasteiger charge is -2.61. The van der Waals surface area contributed by atoms with Crippen LogP contribution in [0.4, 0.5) is 0 Å². The summed E-state index contributed by atoms with van der Waals surface area (Å²) in [6.07, 6.45) is 21.8. The molecular weight excluding hydrogens is 416 g/mol. The Morgan fingerprint density at radius 2 is 1.76 bits per heavy atom. The summed E-state index contributed by atoms with van der Waals surface area (Å²) in [7, 11) is 4.15. The van der Waals surface area contributed by atoms with Crippen LogP contribution in [0, 0.1) is 46.3 Å². The average Bonchev–Trinajstić information content (AvgIpc) is 3.16. The number of fused-ring (bicyclic) bond motifs is 5. The van der Waals surface area contributed by atoms with Crippen LogP contribution in [0.5, 0.6) is 0 Å². The summed E-state index contributed by atoms with van der Waals surface area (Å²) in [5.74, 6) is 5.68. The number of nitrogens with zero attached hydrogens (tertiary/aromatic N) is 1. The van der Waals surface area contributed by atoms with E-state index in [4.69, 9.17) is 0 Å². The third kappa shape index (κ3) is 5.30. The number of nitrogens with one attached hydrogen (secondary N) is 1. The molecule has 0 bridgehead atoms. The van der Waals surface area contributed by atoms with E-state index in [1.165, 1.54) is 64.2 Å². The van der Waals surface area contributed by atoms with Crippen LogP contribution in [0.3, 0.4) is 0 Å². The van der Waals surface area contributed by atoms with E-state index in [2.05, 4.69) is 57.2 Å². The lowest BCUT2D eigenvalue weighted by molar-refractivity contribution is -0.122. The molecule has 0 aliphatic heterocycles. The van der Waals surface area contributed by atoms with Gasteiger partial charge < -0.3 is 10.2 Å². The first kappa shape index (κ1) is 26.2. The Balaban J connectivity index is 1.27. The van der Waals surface area contributed by atoms with Crippen molar-refractivity contribution in [3.63, 3.8) is 0 Å². The lowest BCUT2D eigenvalue weighted by Crippen LogP contribution is -2.53. The Morgan fingerprint density at radius 3 is 2.56 bits per heavy atom. The zero-order valence-corrected chi connectivity index (χ0v) is 23.1. The molecule has 0 aromatic rings. The summed E-state index contributed by atoms with van der Waals surface area (Å²) >= 11 is 0. The van der Waals surface area contributed by atoms with E-state index in [0.717, 1.165) is 55.5 Å².